The summed E-state index contributed by atoms with van der Waals surface area (Å²) in [4.78, 5) is 21.9. The Balaban J connectivity index is 2.34. The number of aryl methyl sites for hydroxylation is 1. The van der Waals surface area contributed by atoms with Crippen molar-refractivity contribution >= 4 is 17.7 Å². The molecule has 8 nitrogen and oxygen atoms in total. The average Bonchev–Trinajstić information content (AvgIpc) is 2.64. The summed E-state index contributed by atoms with van der Waals surface area (Å²) in [6, 6.07) is 11.3. The molecule has 0 spiro atoms. The Morgan fingerprint density at radius 1 is 1.30 bits per heavy atom. The predicted octanol–water partition coefficient (Wildman–Crippen LogP) is 2.88. The van der Waals surface area contributed by atoms with E-state index >= 15 is 0 Å². The van der Waals surface area contributed by atoms with E-state index in [0.717, 1.165) is 5.56 Å². The number of methoxy groups -OCH3 is 1. The van der Waals surface area contributed by atoms with E-state index in [4.69, 9.17) is 20.5 Å². The number of hydrogen-bond donors (Lipinski definition) is 1. The number of hydrogen-bond acceptors (Lipinski definition) is 6. The number of nitrogens with zero attached hydrogens (tertiary/aromatic N) is 2. The van der Waals surface area contributed by atoms with Crippen molar-refractivity contribution in [3.05, 3.63) is 68.8 Å². The van der Waals surface area contributed by atoms with Crippen molar-refractivity contribution in [3.63, 3.8) is 0 Å². The fourth-order valence-electron chi connectivity index (χ4n) is 2.37. The maximum absolute atomic E-state index is 11.2. The Bertz CT molecular complexity index is 960. The Morgan fingerprint density at radius 2 is 2.00 bits per heavy atom. The first-order valence-electron chi connectivity index (χ1n) is 7.82. The van der Waals surface area contributed by atoms with Crippen LogP contribution in [-0.2, 0) is 11.4 Å². The van der Waals surface area contributed by atoms with Gasteiger partial charge in [-0.25, -0.2) is 0 Å². The SMILES string of the molecule is COc1ccc(C=C(C#N)C(N)=O)cc1COc1ccc(C)cc1[N+](=O)[O-]. The molecule has 2 aromatic carbocycles. The first kappa shape index (κ1) is 19.5. The molecule has 2 aromatic rings. The predicted molar refractivity (Wildman–Crippen MR) is 97.9 cm³/mol. The molecule has 0 heterocycles. The van der Waals surface area contributed by atoms with Crippen LogP contribution in [0.3, 0.4) is 0 Å². The number of nitriles is 1. The third-order valence-corrected chi connectivity index (χ3v) is 3.70. The first-order valence-corrected chi connectivity index (χ1v) is 7.82. The molecule has 0 unspecified atom stereocenters. The molecule has 0 aromatic heterocycles. The minimum absolute atomic E-state index is 0.00673. The summed E-state index contributed by atoms with van der Waals surface area (Å²) in [5, 5.41) is 20.2. The van der Waals surface area contributed by atoms with Crippen molar-refractivity contribution in [2.75, 3.05) is 7.11 Å². The number of benzene rings is 2. The van der Waals surface area contributed by atoms with Crippen LogP contribution in [0.2, 0.25) is 0 Å². The maximum Gasteiger partial charge on any atom is 0.311 e. The van der Waals surface area contributed by atoms with Gasteiger partial charge in [0, 0.05) is 11.6 Å². The molecule has 0 atom stereocenters. The van der Waals surface area contributed by atoms with E-state index in [2.05, 4.69) is 0 Å². The van der Waals surface area contributed by atoms with Gasteiger partial charge in [0.1, 0.15) is 24.0 Å². The van der Waals surface area contributed by atoms with Gasteiger partial charge in [-0.1, -0.05) is 12.1 Å². The van der Waals surface area contributed by atoms with Gasteiger partial charge >= 0.3 is 5.69 Å². The smallest absolute Gasteiger partial charge is 0.311 e. The second kappa shape index (κ2) is 8.49. The van der Waals surface area contributed by atoms with E-state index in [1.807, 2.05) is 0 Å². The number of ether oxygens (including phenoxy) is 2. The van der Waals surface area contributed by atoms with E-state index in [9.17, 15) is 14.9 Å². The lowest BCUT2D eigenvalue weighted by molar-refractivity contribution is -0.386. The highest BCUT2D eigenvalue weighted by molar-refractivity contribution is 6.00. The fourth-order valence-corrected chi connectivity index (χ4v) is 2.37. The van der Waals surface area contributed by atoms with E-state index < -0.39 is 10.8 Å². The van der Waals surface area contributed by atoms with Crippen LogP contribution < -0.4 is 15.2 Å². The van der Waals surface area contributed by atoms with Crippen LogP contribution in [0.4, 0.5) is 5.69 Å². The summed E-state index contributed by atoms with van der Waals surface area (Å²) in [6.45, 7) is 1.74. The van der Waals surface area contributed by atoms with Gasteiger partial charge in [-0.05, 0) is 42.3 Å². The van der Waals surface area contributed by atoms with Gasteiger partial charge in [0.05, 0.1) is 12.0 Å². The van der Waals surface area contributed by atoms with Crippen LogP contribution in [0.5, 0.6) is 11.5 Å². The third-order valence-electron chi connectivity index (χ3n) is 3.70. The fraction of sp³-hybridized carbons (Fsp3) is 0.158. The van der Waals surface area contributed by atoms with Gasteiger partial charge in [-0.2, -0.15) is 5.26 Å². The number of nitro benzene ring substituents is 1. The molecule has 0 radical (unpaired) electrons. The number of amides is 1. The summed E-state index contributed by atoms with van der Waals surface area (Å²) in [5.41, 5.74) is 6.69. The standard InChI is InChI=1S/C19H17N3O5/c1-12-3-5-18(16(7-12)22(24)25)27-11-15-9-13(4-6-17(15)26-2)8-14(10-20)19(21)23/h3-9H,11H2,1-2H3,(H2,21,23). The van der Waals surface area contributed by atoms with Crippen molar-refractivity contribution in [2.24, 2.45) is 5.73 Å². The quantitative estimate of drug-likeness (QED) is 0.347. The lowest BCUT2D eigenvalue weighted by atomic mass is 10.1. The van der Waals surface area contributed by atoms with Crippen LogP contribution in [0.25, 0.3) is 6.08 Å². The molecule has 0 aliphatic rings. The molecule has 0 fully saturated rings. The van der Waals surface area contributed by atoms with Crippen molar-refractivity contribution in [1.82, 2.24) is 0 Å². The number of rotatable bonds is 7. The Hall–Kier alpha value is -3.86. The van der Waals surface area contributed by atoms with Gasteiger partial charge in [0.25, 0.3) is 5.91 Å². The van der Waals surface area contributed by atoms with Crippen molar-refractivity contribution in [3.8, 4) is 17.6 Å². The largest absolute Gasteiger partial charge is 0.496 e. The molecule has 0 bridgehead atoms. The van der Waals surface area contributed by atoms with E-state index in [1.165, 1.54) is 25.3 Å². The first-order chi connectivity index (χ1) is 12.8. The maximum atomic E-state index is 11.2. The molecular formula is C19H17N3O5. The van der Waals surface area contributed by atoms with Crippen LogP contribution in [-0.4, -0.2) is 17.9 Å². The minimum atomic E-state index is -0.832. The summed E-state index contributed by atoms with van der Waals surface area (Å²) in [6.07, 6.45) is 1.35. The molecule has 1 amide bonds. The lowest BCUT2D eigenvalue weighted by Gasteiger charge is -2.12. The molecule has 0 aliphatic heterocycles. The van der Waals surface area contributed by atoms with E-state index in [1.54, 1.807) is 37.3 Å². The second-order valence-electron chi connectivity index (χ2n) is 5.62. The molecule has 0 saturated carbocycles. The average molecular weight is 367 g/mol. The van der Waals surface area contributed by atoms with Gasteiger partial charge in [0.2, 0.25) is 0 Å². The highest BCUT2D eigenvalue weighted by Gasteiger charge is 2.16. The summed E-state index contributed by atoms with van der Waals surface area (Å²) >= 11 is 0. The summed E-state index contributed by atoms with van der Waals surface area (Å²) in [5.74, 6) is -0.204. The Labute approximate surface area is 155 Å². The van der Waals surface area contributed by atoms with Crippen LogP contribution >= 0.6 is 0 Å². The summed E-state index contributed by atoms with van der Waals surface area (Å²) in [7, 11) is 1.48. The van der Waals surface area contributed by atoms with E-state index in [0.29, 0.717) is 16.9 Å². The van der Waals surface area contributed by atoms with Crippen LogP contribution in [0, 0.1) is 28.4 Å². The normalized spacial score (nSPS) is 10.8. The number of primary amides is 1. The van der Waals surface area contributed by atoms with Gasteiger partial charge in [0.15, 0.2) is 5.75 Å². The molecule has 27 heavy (non-hydrogen) atoms. The molecule has 8 heteroatoms. The number of carbonyl (C=O) groups is 1. The molecule has 0 aliphatic carbocycles. The van der Waals surface area contributed by atoms with Gasteiger partial charge in [-0.15, -0.1) is 0 Å². The number of carbonyl (C=O) groups excluding carboxylic acids is 1. The summed E-state index contributed by atoms with van der Waals surface area (Å²) < 4.78 is 10.9. The highest BCUT2D eigenvalue weighted by atomic mass is 16.6. The van der Waals surface area contributed by atoms with Crippen LogP contribution in [0.15, 0.2) is 42.0 Å². The highest BCUT2D eigenvalue weighted by Crippen LogP contribution is 2.30. The van der Waals surface area contributed by atoms with Gasteiger partial charge < -0.3 is 15.2 Å². The van der Waals surface area contributed by atoms with Gasteiger partial charge in [-0.3, -0.25) is 14.9 Å². The minimum Gasteiger partial charge on any atom is -0.496 e. The molecule has 0 saturated heterocycles. The monoisotopic (exact) mass is 367 g/mol. The molecule has 2 N–H and O–H groups in total. The molecule has 138 valence electrons. The molecular weight excluding hydrogens is 350 g/mol. The van der Waals surface area contributed by atoms with Crippen molar-refractivity contribution in [1.29, 1.82) is 5.26 Å². The number of nitro groups is 1. The zero-order valence-electron chi connectivity index (χ0n) is 14.8. The van der Waals surface area contributed by atoms with E-state index in [-0.39, 0.29) is 23.6 Å². The topological polar surface area (TPSA) is 128 Å². The van der Waals surface area contributed by atoms with Crippen molar-refractivity contribution in [2.45, 2.75) is 13.5 Å². The number of nitrogens with two attached hydrogens (primary N) is 1. The third kappa shape index (κ3) is 4.83. The zero-order chi connectivity index (χ0) is 20.0. The van der Waals surface area contributed by atoms with Crippen LogP contribution in [0.1, 0.15) is 16.7 Å². The zero-order valence-corrected chi connectivity index (χ0v) is 14.8. The Kier molecular flexibility index (Phi) is 6.12. The Morgan fingerprint density at radius 3 is 2.59 bits per heavy atom. The second-order valence-corrected chi connectivity index (χ2v) is 5.62. The lowest BCUT2D eigenvalue weighted by Crippen LogP contribution is -2.12. The van der Waals surface area contributed by atoms with Crippen molar-refractivity contribution < 1.29 is 19.2 Å². The molecule has 2 rings (SSSR count).